The Morgan fingerprint density at radius 1 is 1.14 bits per heavy atom. The van der Waals surface area contributed by atoms with Crippen LogP contribution in [0.4, 0.5) is 11.4 Å². The third-order valence-corrected chi connectivity index (χ3v) is 3.28. The zero-order chi connectivity index (χ0) is 15.1. The van der Waals surface area contributed by atoms with Crippen LogP contribution in [0.25, 0.3) is 0 Å². The van der Waals surface area contributed by atoms with Crippen LogP contribution in [-0.2, 0) is 9.59 Å². The second-order valence-corrected chi connectivity index (χ2v) is 4.93. The number of hydrogen-bond donors (Lipinski definition) is 2. The Bertz CT molecular complexity index is 606. The summed E-state index contributed by atoms with van der Waals surface area (Å²) in [6.45, 7) is 0. The SMILES string of the molecule is N#CCC(=O)Nc1ccccc1NC(=O)C=C1CCCC1. The van der Waals surface area contributed by atoms with Gasteiger partial charge in [-0.3, -0.25) is 9.59 Å². The van der Waals surface area contributed by atoms with Gasteiger partial charge in [0.25, 0.3) is 0 Å². The lowest BCUT2D eigenvalue weighted by molar-refractivity contribution is -0.115. The fraction of sp³-hybridized carbons (Fsp3) is 0.312. The summed E-state index contributed by atoms with van der Waals surface area (Å²) in [4.78, 5) is 23.5. The summed E-state index contributed by atoms with van der Waals surface area (Å²) < 4.78 is 0. The lowest BCUT2D eigenvalue weighted by Crippen LogP contribution is -2.15. The minimum atomic E-state index is -0.395. The van der Waals surface area contributed by atoms with Crippen molar-refractivity contribution < 1.29 is 9.59 Å². The zero-order valence-electron chi connectivity index (χ0n) is 11.7. The monoisotopic (exact) mass is 283 g/mol. The van der Waals surface area contributed by atoms with Crippen LogP contribution in [0.15, 0.2) is 35.9 Å². The molecule has 2 amide bonds. The summed E-state index contributed by atoms with van der Waals surface area (Å²) >= 11 is 0. The van der Waals surface area contributed by atoms with E-state index in [2.05, 4.69) is 10.6 Å². The van der Waals surface area contributed by atoms with Gasteiger partial charge in [0.1, 0.15) is 6.42 Å². The number of nitrogens with zero attached hydrogens (tertiary/aromatic N) is 1. The molecule has 1 aliphatic rings. The molecule has 0 atom stereocenters. The second kappa shape index (κ2) is 7.25. The van der Waals surface area contributed by atoms with E-state index in [0.717, 1.165) is 25.7 Å². The number of rotatable bonds is 4. The van der Waals surface area contributed by atoms with Gasteiger partial charge < -0.3 is 10.6 Å². The third kappa shape index (κ3) is 4.46. The molecule has 1 aromatic carbocycles. The van der Waals surface area contributed by atoms with Crippen LogP contribution in [-0.4, -0.2) is 11.8 Å². The van der Waals surface area contributed by atoms with Crippen LogP contribution in [0, 0.1) is 11.3 Å². The van der Waals surface area contributed by atoms with E-state index in [1.54, 1.807) is 36.4 Å². The van der Waals surface area contributed by atoms with Gasteiger partial charge in [-0.25, -0.2) is 0 Å². The molecule has 5 nitrogen and oxygen atoms in total. The molecule has 1 aromatic rings. The first-order chi connectivity index (χ1) is 10.2. The van der Waals surface area contributed by atoms with Crippen molar-refractivity contribution in [3.63, 3.8) is 0 Å². The summed E-state index contributed by atoms with van der Waals surface area (Å²) in [5.41, 5.74) is 2.19. The van der Waals surface area contributed by atoms with Crippen LogP contribution in [0.2, 0.25) is 0 Å². The van der Waals surface area contributed by atoms with Crippen LogP contribution in [0.3, 0.4) is 0 Å². The minimum Gasteiger partial charge on any atom is -0.323 e. The number of nitriles is 1. The molecule has 1 aliphatic carbocycles. The van der Waals surface area contributed by atoms with Crippen molar-refractivity contribution in [1.82, 2.24) is 0 Å². The number of anilines is 2. The predicted octanol–water partition coefficient (Wildman–Crippen LogP) is 2.98. The number of nitrogens with one attached hydrogen (secondary N) is 2. The normalized spacial score (nSPS) is 13.4. The van der Waals surface area contributed by atoms with Crippen molar-refractivity contribution in [3.05, 3.63) is 35.9 Å². The molecule has 0 unspecified atom stereocenters. The number of para-hydroxylation sites is 2. The van der Waals surface area contributed by atoms with E-state index < -0.39 is 5.91 Å². The van der Waals surface area contributed by atoms with E-state index in [1.807, 2.05) is 0 Å². The highest BCUT2D eigenvalue weighted by Gasteiger charge is 2.11. The largest absolute Gasteiger partial charge is 0.323 e. The molecule has 0 bridgehead atoms. The fourth-order valence-corrected chi connectivity index (χ4v) is 2.29. The van der Waals surface area contributed by atoms with Crippen LogP contribution < -0.4 is 10.6 Å². The lowest BCUT2D eigenvalue weighted by Gasteiger charge is -2.10. The van der Waals surface area contributed by atoms with Gasteiger partial charge in [0, 0.05) is 6.08 Å². The molecule has 108 valence electrons. The average molecular weight is 283 g/mol. The molecule has 1 fully saturated rings. The van der Waals surface area contributed by atoms with Gasteiger partial charge in [0.2, 0.25) is 11.8 Å². The molecule has 1 saturated carbocycles. The molecular weight excluding hydrogens is 266 g/mol. The third-order valence-electron chi connectivity index (χ3n) is 3.28. The van der Waals surface area contributed by atoms with E-state index in [9.17, 15) is 9.59 Å². The van der Waals surface area contributed by atoms with Gasteiger partial charge in [-0.1, -0.05) is 17.7 Å². The molecule has 2 N–H and O–H groups in total. The zero-order valence-corrected chi connectivity index (χ0v) is 11.7. The average Bonchev–Trinajstić information content (AvgIpc) is 2.94. The van der Waals surface area contributed by atoms with Crippen molar-refractivity contribution in [2.24, 2.45) is 0 Å². The van der Waals surface area contributed by atoms with Gasteiger partial charge in [0.05, 0.1) is 17.4 Å². The Morgan fingerprint density at radius 2 is 1.76 bits per heavy atom. The topological polar surface area (TPSA) is 82.0 Å². The number of allylic oxidation sites excluding steroid dienone is 1. The molecule has 2 rings (SSSR count). The van der Waals surface area contributed by atoms with Gasteiger partial charge >= 0.3 is 0 Å². The van der Waals surface area contributed by atoms with Crippen LogP contribution >= 0.6 is 0 Å². The smallest absolute Gasteiger partial charge is 0.248 e. The van der Waals surface area contributed by atoms with Crippen molar-refractivity contribution in [1.29, 1.82) is 5.26 Å². The molecule has 0 spiro atoms. The highest BCUT2D eigenvalue weighted by molar-refractivity contribution is 6.04. The molecular formula is C16H17N3O2. The maximum atomic E-state index is 12.0. The first-order valence-electron chi connectivity index (χ1n) is 6.95. The van der Waals surface area contributed by atoms with Gasteiger partial charge in [-0.2, -0.15) is 5.26 Å². The molecule has 5 heteroatoms. The molecule has 21 heavy (non-hydrogen) atoms. The van der Waals surface area contributed by atoms with Gasteiger partial charge in [-0.05, 0) is 37.8 Å². The Morgan fingerprint density at radius 3 is 2.38 bits per heavy atom. The quantitative estimate of drug-likeness (QED) is 0.833. The van der Waals surface area contributed by atoms with E-state index in [0.29, 0.717) is 11.4 Å². The summed E-state index contributed by atoms with van der Waals surface area (Å²) in [7, 11) is 0. The summed E-state index contributed by atoms with van der Waals surface area (Å²) in [5, 5.41) is 13.9. The van der Waals surface area contributed by atoms with Crippen molar-refractivity contribution >= 4 is 23.2 Å². The maximum Gasteiger partial charge on any atom is 0.248 e. The molecule has 0 saturated heterocycles. The Kier molecular flexibility index (Phi) is 5.10. The predicted molar refractivity (Wildman–Crippen MR) is 80.5 cm³/mol. The Hall–Kier alpha value is -2.61. The highest BCUT2D eigenvalue weighted by Crippen LogP contribution is 2.25. The van der Waals surface area contributed by atoms with E-state index in [-0.39, 0.29) is 12.3 Å². The lowest BCUT2D eigenvalue weighted by atomic mass is 10.2. The highest BCUT2D eigenvalue weighted by atomic mass is 16.2. The molecule has 0 aromatic heterocycles. The first-order valence-corrected chi connectivity index (χ1v) is 6.95. The maximum absolute atomic E-state index is 12.0. The summed E-state index contributed by atoms with van der Waals surface area (Å²) in [6.07, 6.45) is 5.66. The molecule has 0 radical (unpaired) electrons. The number of hydrogen-bond acceptors (Lipinski definition) is 3. The second-order valence-electron chi connectivity index (χ2n) is 4.93. The Balaban J connectivity index is 2.05. The molecule has 0 heterocycles. The first kappa shape index (κ1) is 14.8. The minimum absolute atomic E-state index is 0.186. The number of benzene rings is 1. The Labute approximate surface area is 123 Å². The molecule has 0 aliphatic heterocycles. The summed E-state index contributed by atoms with van der Waals surface area (Å²) in [5.74, 6) is -0.581. The van der Waals surface area contributed by atoms with Crippen molar-refractivity contribution in [3.8, 4) is 6.07 Å². The van der Waals surface area contributed by atoms with E-state index in [4.69, 9.17) is 5.26 Å². The number of carbonyl (C=O) groups is 2. The van der Waals surface area contributed by atoms with Crippen molar-refractivity contribution in [2.75, 3.05) is 10.6 Å². The summed E-state index contributed by atoms with van der Waals surface area (Å²) in [6, 6.07) is 8.72. The van der Waals surface area contributed by atoms with E-state index >= 15 is 0 Å². The van der Waals surface area contributed by atoms with Crippen LogP contribution in [0.1, 0.15) is 32.1 Å². The van der Waals surface area contributed by atoms with Gasteiger partial charge in [0.15, 0.2) is 0 Å². The fourth-order valence-electron chi connectivity index (χ4n) is 2.29. The standard InChI is InChI=1S/C16H17N3O2/c17-10-9-15(20)18-13-7-3-4-8-14(13)19-16(21)11-12-5-1-2-6-12/h3-4,7-8,11H,1-2,5-6,9H2,(H,18,20)(H,19,21). The number of carbonyl (C=O) groups excluding carboxylic acids is 2. The van der Waals surface area contributed by atoms with Gasteiger partial charge in [-0.15, -0.1) is 0 Å². The van der Waals surface area contributed by atoms with Crippen LogP contribution in [0.5, 0.6) is 0 Å². The number of amides is 2. The van der Waals surface area contributed by atoms with E-state index in [1.165, 1.54) is 5.57 Å². The van der Waals surface area contributed by atoms with Crippen molar-refractivity contribution in [2.45, 2.75) is 32.1 Å².